The van der Waals surface area contributed by atoms with E-state index < -0.39 is 0 Å². The van der Waals surface area contributed by atoms with Gasteiger partial charge in [-0.25, -0.2) is 0 Å². The van der Waals surface area contributed by atoms with E-state index in [1.54, 1.807) is 0 Å². The lowest BCUT2D eigenvalue weighted by Gasteiger charge is -2.29. The first-order valence-electron chi connectivity index (χ1n) is 8.13. The van der Waals surface area contributed by atoms with Gasteiger partial charge in [0, 0.05) is 45.7 Å². The van der Waals surface area contributed by atoms with E-state index in [1.165, 1.54) is 0 Å². The summed E-state index contributed by atoms with van der Waals surface area (Å²) in [7, 11) is 2.02. The van der Waals surface area contributed by atoms with Crippen LogP contribution in [0.1, 0.15) is 31.4 Å². The molecule has 2 rings (SSSR count). The maximum atomic E-state index is 9.30. The summed E-state index contributed by atoms with van der Waals surface area (Å²) in [4.78, 5) is 4.65. The third kappa shape index (κ3) is 4.74. The second-order valence-corrected chi connectivity index (χ2v) is 6.14. The van der Waals surface area contributed by atoms with Gasteiger partial charge in [-0.05, 0) is 0 Å². The van der Waals surface area contributed by atoms with Gasteiger partial charge in [-0.3, -0.25) is 9.80 Å². The third-order valence-corrected chi connectivity index (χ3v) is 4.13. The Morgan fingerprint density at radius 3 is 2.55 bits per heavy atom. The number of nitrogens with zero attached hydrogens (tertiary/aromatic N) is 5. The summed E-state index contributed by atoms with van der Waals surface area (Å²) >= 11 is 0. The number of hydrogen-bond acceptors (Lipinski definition) is 6. The van der Waals surface area contributed by atoms with E-state index >= 15 is 0 Å². The number of rotatable bonds is 8. The summed E-state index contributed by atoms with van der Waals surface area (Å²) in [5, 5.41) is 17.9. The fourth-order valence-corrected chi connectivity index (χ4v) is 2.73. The highest BCUT2D eigenvalue weighted by Gasteiger charge is 2.16. The molecular weight excluding hydrogens is 282 g/mol. The minimum Gasteiger partial charge on any atom is -0.395 e. The number of aliphatic hydroxyl groups is 1. The topological polar surface area (TPSA) is 66.7 Å². The van der Waals surface area contributed by atoms with Crippen LogP contribution in [0.25, 0.3) is 0 Å². The van der Waals surface area contributed by atoms with Crippen LogP contribution in [0, 0.1) is 0 Å². The number of morpholine rings is 1. The molecule has 1 aromatic heterocycles. The first-order valence-corrected chi connectivity index (χ1v) is 8.13. The largest absolute Gasteiger partial charge is 0.395 e. The lowest BCUT2D eigenvalue weighted by atomic mass is 10.2. The van der Waals surface area contributed by atoms with E-state index in [9.17, 15) is 5.11 Å². The summed E-state index contributed by atoms with van der Waals surface area (Å²) in [5.41, 5.74) is 0. The zero-order valence-electron chi connectivity index (χ0n) is 14.0. The number of aromatic nitrogens is 3. The smallest absolute Gasteiger partial charge is 0.146 e. The van der Waals surface area contributed by atoms with Crippen LogP contribution in [-0.2, 0) is 18.3 Å². The minimum absolute atomic E-state index is 0.165. The summed E-state index contributed by atoms with van der Waals surface area (Å²) in [6, 6.07) is 0. The predicted molar refractivity (Wildman–Crippen MR) is 84.7 cm³/mol. The predicted octanol–water partition coefficient (Wildman–Crippen LogP) is 0.0650. The fraction of sp³-hybridized carbons (Fsp3) is 0.867. The summed E-state index contributed by atoms with van der Waals surface area (Å²) in [6.07, 6.45) is 0. The Bertz CT molecular complexity index is 443. The number of aliphatic hydroxyl groups excluding tert-OH is 1. The number of hydrogen-bond donors (Lipinski definition) is 1. The Morgan fingerprint density at radius 2 is 1.95 bits per heavy atom. The molecule has 126 valence electrons. The molecule has 0 aliphatic carbocycles. The lowest BCUT2D eigenvalue weighted by Crippen LogP contribution is -2.42. The highest BCUT2D eigenvalue weighted by molar-refractivity contribution is 4.99. The van der Waals surface area contributed by atoms with E-state index in [2.05, 4.69) is 38.4 Å². The van der Waals surface area contributed by atoms with E-state index in [0.717, 1.165) is 57.6 Å². The molecule has 0 amide bonds. The monoisotopic (exact) mass is 311 g/mol. The van der Waals surface area contributed by atoms with Crippen molar-refractivity contribution in [2.75, 3.05) is 52.5 Å². The van der Waals surface area contributed by atoms with E-state index in [-0.39, 0.29) is 6.61 Å². The summed E-state index contributed by atoms with van der Waals surface area (Å²) < 4.78 is 7.45. The van der Waals surface area contributed by atoms with Crippen molar-refractivity contribution in [3.05, 3.63) is 11.6 Å². The Hall–Kier alpha value is -1.02. The Kier molecular flexibility index (Phi) is 6.75. The van der Waals surface area contributed by atoms with Gasteiger partial charge in [0.15, 0.2) is 0 Å². The van der Waals surface area contributed by atoms with Gasteiger partial charge in [0.25, 0.3) is 0 Å². The van der Waals surface area contributed by atoms with E-state index in [1.807, 2.05) is 7.05 Å². The van der Waals surface area contributed by atoms with Gasteiger partial charge >= 0.3 is 0 Å². The second-order valence-electron chi connectivity index (χ2n) is 6.14. The quantitative estimate of drug-likeness (QED) is 0.733. The third-order valence-electron chi connectivity index (χ3n) is 4.13. The van der Waals surface area contributed by atoms with Crippen molar-refractivity contribution in [2.45, 2.75) is 26.3 Å². The zero-order chi connectivity index (χ0) is 15.9. The van der Waals surface area contributed by atoms with Crippen LogP contribution in [0.5, 0.6) is 0 Å². The van der Waals surface area contributed by atoms with Crippen molar-refractivity contribution in [1.29, 1.82) is 0 Å². The van der Waals surface area contributed by atoms with Gasteiger partial charge in [-0.1, -0.05) is 13.8 Å². The standard InChI is InChI=1S/C15H29N5O2/c1-13(2)15-17-16-14(18(15)3)12-20(6-9-21)5-4-19-7-10-22-11-8-19/h13,21H,4-12H2,1-3H3. The molecule has 1 aliphatic heterocycles. The molecule has 7 nitrogen and oxygen atoms in total. The second kappa shape index (κ2) is 8.57. The van der Waals surface area contributed by atoms with Crippen molar-refractivity contribution >= 4 is 0 Å². The molecule has 1 fully saturated rings. The van der Waals surface area contributed by atoms with E-state index in [0.29, 0.717) is 12.5 Å². The van der Waals surface area contributed by atoms with Crippen LogP contribution >= 0.6 is 0 Å². The molecule has 0 unspecified atom stereocenters. The molecule has 0 aromatic carbocycles. The average molecular weight is 311 g/mol. The van der Waals surface area contributed by atoms with Crippen molar-refractivity contribution < 1.29 is 9.84 Å². The molecule has 2 heterocycles. The van der Waals surface area contributed by atoms with Gasteiger partial charge in [0.05, 0.1) is 26.4 Å². The maximum absolute atomic E-state index is 9.30. The number of ether oxygens (including phenoxy) is 1. The molecule has 0 atom stereocenters. The molecule has 0 spiro atoms. The molecule has 1 saturated heterocycles. The molecule has 1 aliphatic rings. The summed E-state index contributed by atoms with van der Waals surface area (Å²) in [6.45, 7) is 11.3. The summed E-state index contributed by atoms with van der Waals surface area (Å²) in [5.74, 6) is 2.33. The maximum Gasteiger partial charge on any atom is 0.146 e. The molecule has 7 heteroatoms. The molecule has 1 aromatic rings. The van der Waals surface area contributed by atoms with Crippen molar-refractivity contribution in [2.24, 2.45) is 7.05 Å². The SMILES string of the molecule is CC(C)c1nnc(CN(CCO)CCN2CCOCC2)n1C. The fourth-order valence-electron chi connectivity index (χ4n) is 2.73. The normalized spacial score (nSPS) is 16.8. The van der Waals surface area contributed by atoms with Crippen LogP contribution in [0.4, 0.5) is 0 Å². The molecular formula is C15H29N5O2. The van der Waals surface area contributed by atoms with Gasteiger partial charge in [-0.2, -0.15) is 0 Å². The first kappa shape index (κ1) is 17.3. The van der Waals surface area contributed by atoms with Crippen molar-refractivity contribution in [1.82, 2.24) is 24.6 Å². The highest BCUT2D eigenvalue weighted by atomic mass is 16.5. The van der Waals surface area contributed by atoms with Crippen LogP contribution < -0.4 is 0 Å². The minimum atomic E-state index is 0.165. The molecule has 0 radical (unpaired) electrons. The van der Waals surface area contributed by atoms with Crippen molar-refractivity contribution in [3.8, 4) is 0 Å². The molecule has 0 saturated carbocycles. The molecule has 22 heavy (non-hydrogen) atoms. The Balaban J connectivity index is 1.90. The Morgan fingerprint density at radius 1 is 1.23 bits per heavy atom. The van der Waals surface area contributed by atoms with Gasteiger partial charge in [0.1, 0.15) is 11.6 Å². The lowest BCUT2D eigenvalue weighted by molar-refractivity contribution is 0.0318. The van der Waals surface area contributed by atoms with E-state index in [4.69, 9.17) is 4.74 Å². The van der Waals surface area contributed by atoms with Gasteiger partial charge in [0.2, 0.25) is 0 Å². The Labute approximate surface area is 132 Å². The zero-order valence-corrected chi connectivity index (χ0v) is 14.0. The van der Waals surface area contributed by atoms with Crippen LogP contribution in [0.15, 0.2) is 0 Å². The van der Waals surface area contributed by atoms with Gasteiger partial charge < -0.3 is 14.4 Å². The molecule has 0 bridgehead atoms. The first-order chi connectivity index (χ1) is 10.6. The average Bonchev–Trinajstić information content (AvgIpc) is 2.87. The van der Waals surface area contributed by atoms with Crippen molar-refractivity contribution in [3.63, 3.8) is 0 Å². The van der Waals surface area contributed by atoms with Crippen LogP contribution in [0.3, 0.4) is 0 Å². The van der Waals surface area contributed by atoms with Crippen LogP contribution in [0.2, 0.25) is 0 Å². The van der Waals surface area contributed by atoms with Gasteiger partial charge in [-0.15, -0.1) is 10.2 Å². The molecule has 1 N–H and O–H groups in total. The highest BCUT2D eigenvalue weighted by Crippen LogP contribution is 2.12. The van der Waals surface area contributed by atoms with Crippen LogP contribution in [-0.4, -0.2) is 82.2 Å².